The van der Waals surface area contributed by atoms with Gasteiger partial charge in [0, 0.05) is 55.2 Å². The zero-order valence-corrected chi connectivity index (χ0v) is 21.0. The first-order valence-corrected chi connectivity index (χ1v) is 12.3. The molecule has 4 heterocycles. The van der Waals surface area contributed by atoms with Crippen LogP contribution < -0.4 is 15.1 Å². The summed E-state index contributed by atoms with van der Waals surface area (Å²) in [5.74, 6) is 0. The number of aromatic nitrogens is 1. The van der Waals surface area contributed by atoms with Gasteiger partial charge in [0.25, 0.3) is 0 Å². The number of piperazine rings is 1. The van der Waals surface area contributed by atoms with Crippen molar-refractivity contribution in [1.29, 1.82) is 0 Å². The molecule has 0 unspecified atom stereocenters. The van der Waals surface area contributed by atoms with Gasteiger partial charge in [0.15, 0.2) is 0 Å². The smallest absolute Gasteiger partial charge is 0.326 e. The van der Waals surface area contributed by atoms with Gasteiger partial charge in [-0.05, 0) is 61.7 Å². The van der Waals surface area contributed by atoms with Gasteiger partial charge in [-0.3, -0.25) is 14.8 Å². The summed E-state index contributed by atoms with van der Waals surface area (Å²) in [5.41, 5.74) is 4.78. The molecule has 1 atom stereocenters. The summed E-state index contributed by atoms with van der Waals surface area (Å²) in [6.07, 6.45) is 5.28. The standard InChI is InChI=1S/C25H25Cl2N5O.ClH/c26-19-4-1-5-20(24(19)27)29-25(33)32-10-7-16-13-21-18(14-23(16)32)22(6-8-28-21)31-12-11-30-9-2-3-17(30)15-31;/h1,4-6,8,13-14,17H,2-3,7,9-12,15H2,(H,29,33);1H/t17-;/m0./s1. The van der Waals surface area contributed by atoms with Crippen molar-refractivity contribution < 1.29 is 4.79 Å². The molecule has 2 fully saturated rings. The highest BCUT2D eigenvalue weighted by Crippen LogP contribution is 2.38. The Morgan fingerprint density at radius 1 is 1.06 bits per heavy atom. The van der Waals surface area contributed by atoms with Crippen LogP contribution in [0.5, 0.6) is 0 Å². The summed E-state index contributed by atoms with van der Waals surface area (Å²) in [7, 11) is 0. The summed E-state index contributed by atoms with van der Waals surface area (Å²) in [4.78, 5) is 24.7. The van der Waals surface area contributed by atoms with Crippen molar-refractivity contribution in [3.63, 3.8) is 0 Å². The lowest BCUT2D eigenvalue weighted by molar-refractivity contribution is 0.231. The number of amides is 2. The van der Waals surface area contributed by atoms with Crippen LogP contribution in [0, 0.1) is 0 Å². The van der Waals surface area contributed by atoms with Crippen LogP contribution in [0.1, 0.15) is 18.4 Å². The highest BCUT2D eigenvalue weighted by atomic mass is 35.5. The molecule has 0 saturated carbocycles. The molecule has 0 bridgehead atoms. The van der Waals surface area contributed by atoms with E-state index < -0.39 is 0 Å². The second-order valence-corrected chi connectivity index (χ2v) is 9.82. The van der Waals surface area contributed by atoms with Gasteiger partial charge in [-0.2, -0.15) is 0 Å². The van der Waals surface area contributed by atoms with E-state index in [0.29, 0.717) is 28.3 Å². The van der Waals surface area contributed by atoms with Gasteiger partial charge >= 0.3 is 6.03 Å². The Morgan fingerprint density at radius 3 is 2.82 bits per heavy atom. The van der Waals surface area contributed by atoms with Crippen LogP contribution in [-0.4, -0.2) is 54.7 Å². The first-order chi connectivity index (χ1) is 16.1. The van der Waals surface area contributed by atoms with E-state index in [9.17, 15) is 4.79 Å². The van der Waals surface area contributed by atoms with Gasteiger partial charge in [0.2, 0.25) is 0 Å². The highest BCUT2D eigenvalue weighted by molar-refractivity contribution is 6.44. The number of carbonyl (C=O) groups is 1. The van der Waals surface area contributed by atoms with E-state index in [1.165, 1.54) is 25.1 Å². The van der Waals surface area contributed by atoms with Crippen molar-refractivity contribution in [2.24, 2.45) is 0 Å². The van der Waals surface area contributed by atoms with Gasteiger partial charge in [-0.25, -0.2) is 4.79 Å². The van der Waals surface area contributed by atoms with Gasteiger partial charge in [0.1, 0.15) is 0 Å². The third-order valence-electron chi connectivity index (χ3n) is 7.18. The number of benzene rings is 2. The molecule has 3 aliphatic rings. The summed E-state index contributed by atoms with van der Waals surface area (Å²) in [6.45, 7) is 5.02. The molecule has 2 aromatic carbocycles. The SMILES string of the molecule is Cl.O=C(Nc1cccc(Cl)c1Cl)N1CCc2cc3nccc(N4CCN5CCC[C@H]5C4)c3cc21. The molecule has 34 heavy (non-hydrogen) atoms. The molecule has 0 aliphatic carbocycles. The van der Waals surface area contributed by atoms with Crippen molar-refractivity contribution in [1.82, 2.24) is 9.88 Å². The summed E-state index contributed by atoms with van der Waals surface area (Å²) >= 11 is 12.4. The van der Waals surface area contributed by atoms with Gasteiger partial charge < -0.3 is 10.2 Å². The number of halogens is 3. The van der Waals surface area contributed by atoms with Crippen molar-refractivity contribution in [3.8, 4) is 0 Å². The molecule has 6 rings (SSSR count). The lowest BCUT2D eigenvalue weighted by Crippen LogP contribution is -2.50. The monoisotopic (exact) mass is 517 g/mol. The maximum Gasteiger partial charge on any atom is 0.326 e. The average Bonchev–Trinajstić information content (AvgIpc) is 3.46. The van der Waals surface area contributed by atoms with Crippen molar-refractivity contribution in [2.45, 2.75) is 25.3 Å². The van der Waals surface area contributed by atoms with E-state index >= 15 is 0 Å². The third kappa shape index (κ3) is 4.07. The number of anilines is 3. The van der Waals surface area contributed by atoms with Gasteiger partial charge in [-0.15, -0.1) is 12.4 Å². The summed E-state index contributed by atoms with van der Waals surface area (Å²) < 4.78 is 0. The maximum absolute atomic E-state index is 13.2. The Balaban J connectivity index is 0.00000241. The predicted octanol–water partition coefficient (Wildman–Crippen LogP) is 5.84. The number of carbonyl (C=O) groups excluding carboxylic acids is 1. The number of pyridine rings is 1. The maximum atomic E-state index is 13.2. The minimum Gasteiger partial charge on any atom is -0.368 e. The van der Waals surface area contributed by atoms with Gasteiger partial charge in [0.05, 0.1) is 21.2 Å². The fourth-order valence-electron chi connectivity index (χ4n) is 5.49. The number of rotatable bonds is 2. The summed E-state index contributed by atoms with van der Waals surface area (Å²) in [5, 5.41) is 4.79. The van der Waals surface area contributed by atoms with Crippen LogP contribution >= 0.6 is 35.6 Å². The average molecular weight is 519 g/mol. The van der Waals surface area contributed by atoms with Crippen LogP contribution in [0.4, 0.5) is 21.9 Å². The van der Waals surface area contributed by atoms with Crippen molar-refractivity contribution in [3.05, 3.63) is 58.2 Å². The first kappa shape index (κ1) is 23.5. The normalized spacial score (nSPS) is 19.6. The van der Waals surface area contributed by atoms with E-state index in [2.05, 4.69) is 38.3 Å². The van der Waals surface area contributed by atoms with Crippen LogP contribution in [0.15, 0.2) is 42.6 Å². The largest absolute Gasteiger partial charge is 0.368 e. The lowest BCUT2D eigenvalue weighted by atomic mass is 10.1. The molecule has 2 amide bonds. The third-order valence-corrected chi connectivity index (χ3v) is 8.00. The van der Waals surface area contributed by atoms with E-state index in [-0.39, 0.29) is 18.4 Å². The topological polar surface area (TPSA) is 51.7 Å². The Hall–Kier alpha value is -2.25. The van der Waals surface area contributed by atoms with E-state index in [1.807, 2.05) is 6.20 Å². The fourth-order valence-corrected chi connectivity index (χ4v) is 5.84. The number of fused-ring (bicyclic) bond motifs is 3. The predicted molar refractivity (Wildman–Crippen MR) is 142 cm³/mol. The lowest BCUT2D eigenvalue weighted by Gasteiger charge is -2.39. The molecule has 3 aromatic rings. The van der Waals surface area contributed by atoms with Crippen LogP contribution in [0.2, 0.25) is 10.0 Å². The molecule has 3 aliphatic heterocycles. The molecule has 0 spiro atoms. The molecule has 6 nitrogen and oxygen atoms in total. The minimum atomic E-state index is -0.206. The molecule has 178 valence electrons. The van der Waals surface area contributed by atoms with E-state index in [0.717, 1.165) is 48.2 Å². The van der Waals surface area contributed by atoms with Gasteiger partial charge in [-0.1, -0.05) is 29.3 Å². The van der Waals surface area contributed by atoms with Crippen molar-refractivity contribution in [2.75, 3.05) is 47.8 Å². The molecule has 0 radical (unpaired) electrons. The molecular weight excluding hydrogens is 493 g/mol. The Labute approximate surface area is 215 Å². The molecule has 9 heteroatoms. The number of hydrogen-bond donors (Lipinski definition) is 1. The quantitative estimate of drug-likeness (QED) is 0.463. The Bertz CT molecular complexity index is 1250. The summed E-state index contributed by atoms with van der Waals surface area (Å²) in [6, 6.07) is 12.1. The molecule has 2 saturated heterocycles. The first-order valence-electron chi connectivity index (χ1n) is 11.5. The Morgan fingerprint density at radius 2 is 1.94 bits per heavy atom. The van der Waals surface area contributed by atoms with E-state index in [4.69, 9.17) is 23.2 Å². The highest BCUT2D eigenvalue weighted by Gasteiger charge is 2.32. The molecule has 1 aromatic heterocycles. The van der Waals surface area contributed by atoms with Crippen LogP contribution in [0.25, 0.3) is 10.9 Å². The second kappa shape index (κ2) is 9.42. The van der Waals surface area contributed by atoms with Crippen LogP contribution in [-0.2, 0) is 6.42 Å². The number of urea groups is 1. The zero-order valence-electron chi connectivity index (χ0n) is 18.6. The zero-order chi connectivity index (χ0) is 22.5. The Kier molecular flexibility index (Phi) is 6.51. The number of nitrogens with zero attached hydrogens (tertiary/aromatic N) is 4. The fraction of sp³-hybridized carbons (Fsp3) is 0.360. The molecular formula is C25H26Cl3N5O. The molecule has 1 N–H and O–H groups in total. The second-order valence-electron chi connectivity index (χ2n) is 9.04. The van der Waals surface area contributed by atoms with Crippen molar-refractivity contribution >= 4 is 69.6 Å². The van der Waals surface area contributed by atoms with Crippen LogP contribution in [0.3, 0.4) is 0 Å². The number of hydrogen-bond acceptors (Lipinski definition) is 4. The van der Waals surface area contributed by atoms with E-state index in [1.54, 1.807) is 23.1 Å². The minimum absolute atomic E-state index is 0. The number of nitrogens with one attached hydrogen (secondary N) is 1.